The number of methoxy groups -OCH3 is 1. The normalized spacial score (nSPS) is 10.8. The van der Waals surface area contributed by atoms with Crippen molar-refractivity contribution < 1.29 is 9.53 Å². The molecule has 0 aromatic carbocycles. The van der Waals surface area contributed by atoms with Crippen LogP contribution in [0.25, 0.3) is 0 Å². The number of nitrogens with zero attached hydrogens (tertiary/aromatic N) is 3. The summed E-state index contributed by atoms with van der Waals surface area (Å²) < 4.78 is 4.98. The summed E-state index contributed by atoms with van der Waals surface area (Å²) in [5.41, 5.74) is 0.344. The number of carbonyl (C=O) groups excluding carboxylic acids is 1. The van der Waals surface area contributed by atoms with E-state index in [9.17, 15) is 4.79 Å². The molecule has 0 radical (unpaired) electrons. The maximum atomic E-state index is 12.0. The Morgan fingerprint density at radius 1 is 1.62 bits per heavy atom. The highest BCUT2D eigenvalue weighted by atomic mass is 16.5. The van der Waals surface area contributed by atoms with Crippen molar-refractivity contribution in [2.75, 3.05) is 26.8 Å². The number of H-pyrrole nitrogens is 1. The second-order valence-electron chi connectivity index (χ2n) is 3.99. The summed E-state index contributed by atoms with van der Waals surface area (Å²) in [5, 5.41) is 9.85. The highest BCUT2D eigenvalue weighted by Gasteiger charge is 2.18. The average Bonchev–Trinajstić information content (AvgIpc) is 2.76. The Hall–Kier alpha value is -1.43. The number of nitrogens with one attached hydrogen (secondary N) is 1. The lowest BCUT2D eigenvalue weighted by Crippen LogP contribution is -2.36. The first-order valence-electron chi connectivity index (χ1n) is 5.29. The second kappa shape index (κ2) is 6.22. The van der Waals surface area contributed by atoms with E-state index in [-0.39, 0.29) is 5.91 Å². The van der Waals surface area contributed by atoms with E-state index in [0.717, 1.165) is 0 Å². The number of carbonyl (C=O) groups is 1. The van der Waals surface area contributed by atoms with Gasteiger partial charge in [0.05, 0.1) is 12.8 Å². The maximum Gasteiger partial charge on any atom is 0.276 e. The van der Waals surface area contributed by atoms with Gasteiger partial charge in [0.2, 0.25) is 0 Å². The van der Waals surface area contributed by atoms with E-state index in [1.54, 1.807) is 12.0 Å². The molecular formula is C10H18N4O2. The van der Waals surface area contributed by atoms with E-state index in [2.05, 4.69) is 29.3 Å². The molecule has 6 heteroatoms. The van der Waals surface area contributed by atoms with Crippen LogP contribution in [0.2, 0.25) is 0 Å². The maximum absolute atomic E-state index is 12.0. The molecule has 1 heterocycles. The van der Waals surface area contributed by atoms with Gasteiger partial charge >= 0.3 is 0 Å². The predicted octanol–water partition coefficient (Wildman–Crippen LogP) is 0.549. The molecule has 90 valence electrons. The van der Waals surface area contributed by atoms with Gasteiger partial charge in [-0.2, -0.15) is 15.4 Å². The molecule has 1 rings (SSSR count). The highest BCUT2D eigenvalue weighted by Crippen LogP contribution is 2.04. The van der Waals surface area contributed by atoms with E-state index in [0.29, 0.717) is 31.3 Å². The van der Waals surface area contributed by atoms with Crippen molar-refractivity contribution >= 4 is 5.91 Å². The number of ether oxygens (including phenoxy) is 1. The highest BCUT2D eigenvalue weighted by molar-refractivity contribution is 5.91. The van der Waals surface area contributed by atoms with E-state index < -0.39 is 0 Å². The molecule has 1 amide bonds. The third-order valence-electron chi connectivity index (χ3n) is 2.07. The van der Waals surface area contributed by atoms with Crippen LogP contribution in [0.15, 0.2) is 6.20 Å². The molecule has 16 heavy (non-hydrogen) atoms. The van der Waals surface area contributed by atoms with E-state index >= 15 is 0 Å². The molecule has 0 aliphatic rings. The molecule has 1 aromatic rings. The van der Waals surface area contributed by atoms with Crippen LogP contribution in [0.1, 0.15) is 24.3 Å². The second-order valence-corrected chi connectivity index (χ2v) is 3.99. The largest absolute Gasteiger partial charge is 0.383 e. The number of rotatable bonds is 6. The molecule has 0 aliphatic heterocycles. The molecule has 1 aromatic heterocycles. The van der Waals surface area contributed by atoms with Crippen molar-refractivity contribution in [1.29, 1.82) is 0 Å². The van der Waals surface area contributed by atoms with Crippen molar-refractivity contribution in [2.45, 2.75) is 13.8 Å². The van der Waals surface area contributed by atoms with Gasteiger partial charge in [-0.05, 0) is 5.92 Å². The molecule has 0 bridgehead atoms. The Balaban J connectivity index is 2.64. The molecule has 0 aliphatic carbocycles. The number of amides is 1. The van der Waals surface area contributed by atoms with Crippen LogP contribution < -0.4 is 0 Å². The number of hydrogen-bond donors (Lipinski definition) is 1. The van der Waals surface area contributed by atoms with Gasteiger partial charge in [0.25, 0.3) is 5.91 Å². The SMILES string of the molecule is COCCN(CC(C)C)C(=O)c1cn[nH]n1. The van der Waals surface area contributed by atoms with Crippen molar-refractivity contribution in [1.82, 2.24) is 20.3 Å². The van der Waals surface area contributed by atoms with Crippen LogP contribution >= 0.6 is 0 Å². The van der Waals surface area contributed by atoms with Crippen molar-refractivity contribution in [2.24, 2.45) is 5.92 Å². The fraction of sp³-hybridized carbons (Fsp3) is 0.700. The molecule has 0 saturated carbocycles. The van der Waals surface area contributed by atoms with Crippen LogP contribution in [0.3, 0.4) is 0 Å². The van der Waals surface area contributed by atoms with Gasteiger partial charge in [-0.3, -0.25) is 4.79 Å². The molecule has 0 unspecified atom stereocenters. The summed E-state index contributed by atoms with van der Waals surface area (Å²) in [7, 11) is 1.62. The smallest absolute Gasteiger partial charge is 0.276 e. The number of aromatic nitrogens is 3. The number of hydrogen-bond acceptors (Lipinski definition) is 4. The van der Waals surface area contributed by atoms with Crippen LogP contribution in [0.5, 0.6) is 0 Å². The molecule has 0 spiro atoms. The van der Waals surface area contributed by atoms with Crippen molar-refractivity contribution in [3.8, 4) is 0 Å². The lowest BCUT2D eigenvalue weighted by molar-refractivity contribution is 0.0666. The molecule has 0 atom stereocenters. The van der Waals surface area contributed by atoms with E-state index in [1.807, 2.05) is 0 Å². The Bertz CT molecular complexity index is 311. The first-order valence-corrected chi connectivity index (χ1v) is 5.29. The van der Waals surface area contributed by atoms with Crippen molar-refractivity contribution in [3.63, 3.8) is 0 Å². The van der Waals surface area contributed by atoms with Crippen LogP contribution in [-0.2, 0) is 4.74 Å². The van der Waals surface area contributed by atoms with Gasteiger partial charge < -0.3 is 9.64 Å². The minimum atomic E-state index is -0.112. The van der Waals surface area contributed by atoms with Gasteiger partial charge in [0, 0.05) is 20.2 Å². The Kier molecular flexibility index (Phi) is 4.91. The zero-order valence-corrected chi connectivity index (χ0v) is 9.93. The molecule has 1 N–H and O–H groups in total. The van der Waals surface area contributed by atoms with Crippen molar-refractivity contribution in [3.05, 3.63) is 11.9 Å². The van der Waals surface area contributed by atoms with Crippen LogP contribution in [-0.4, -0.2) is 53.0 Å². The number of aromatic amines is 1. The van der Waals surface area contributed by atoms with Gasteiger partial charge in [0.15, 0.2) is 5.69 Å². The lowest BCUT2D eigenvalue weighted by Gasteiger charge is -2.23. The zero-order chi connectivity index (χ0) is 12.0. The summed E-state index contributed by atoms with van der Waals surface area (Å²) in [6.45, 7) is 5.91. The zero-order valence-electron chi connectivity index (χ0n) is 9.93. The summed E-state index contributed by atoms with van der Waals surface area (Å²) >= 11 is 0. The predicted molar refractivity (Wildman–Crippen MR) is 59.0 cm³/mol. The Labute approximate surface area is 95.0 Å². The third-order valence-corrected chi connectivity index (χ3v) is 2.07. The Morgan fingerprint density at radius 2 is 2.38 bits per heavy atom. The van der Waals surface area contributed by atoms with Gasteiger partial charge in [0.1, 0.15) is 0 Å². The molecule has 0 saturated heterocycles. The minimum Gasteiger partial charge on any atom is -0.383 e. The summed E-state index contributed by atoms with van der Waals surface area (Å²) in [6, 6.07) is 0. The summed E-state index contributed by atoms with van der Waals surface area (Å²) in [6.07, 6.45) is 1.43. The van der Waals surface area contributed by atoms with Gasteiger partial charge in [-0.25, -0.2) is 0 Å². The van der Waals surface area contributed by atoms with Gasteiger partial charge in [-0.15, -0.1) is 0 Å². The Morgan fingerprint density at radius 3 is 2.88 bits per heavy atom. The first kappa shape index (κ1) is 12.6. The fourth-order valence-corrected chi connectivity index (χ4v) is 1.38. The van der Waals surface area contributed by atoms with E-state index in [1.165, 1.54) is 6.20 Å². The first-order chi connectivity index (χ1) is 7.65. The minimum absolute atomic E-state index is 0.112. The van der Waals surface area contributed by atoms with Gasteiger partial charge in [-0.1, -0.05) is 13.8 Å². The molecule has 6 nitrogen and oxygen atoms in total. The summed E-state index contributed by atoms with van der Waals surface area (Å²) in [5.74, 6) is 0.298. The summed E-state index contributed by atoms with van der Waals surface area (Å²) in [4.78, 5) is 13.7. The van der Waals surface area contributed by atoms with E-state index in [4.69, 9.17) is 4.74 Å². The third kappa shape index (κ3) is 3.62. The molecule has 0 fully saturated rings. The fourth-order valence-electron chi connectivity index (χ4n) is 1.38. The monoisotopic (exact) mass is 226 g/mol. The van der Waals surface area contributed by atoms with Crippen LogP contribution in [0, 0.1) is 5.92 Å². The molecular weight excluding hydrogens is 208 g/mol. The quantitative estimate of drug-likeness (QED) is 0.769. The average molecular weight is 226 g/mol. The standard InChI is InChI=1S/C10H18N4O2/c1-8(2)7-14(4-5-16-3)10(15)9-6-11-13-12-9/h6,8H,4-5,7H2,1-3H3,(H,11,12,13). The van der Waals surface area contributed by atoms with Crippen LogP contribution in [0.4, 0.5) is 0 Å². The topological polar surface area (TPSA) is 71.1 Å². The lowest BCUT2D eigenvalue weighted by atomic mass is 10.2.